The van der Waals surface area contributed by atoms with Crippen LogP contribution in [0.15, 0.2) is 0 Å². The maximum absolute atomic E-state index is 12.2. The second-order valence-corrected chi connectivity index (χ2v) is 6.89. The van der Waals surface area contributed by atoms with Crippen molar-refractivity contribution in [2.24, 2.45) is 17.3 Å². The molecule has 1 aliphatic carbocycles. The second kappa shape index (κ2) is 5.99. The number of hydrogen-bond acceptors (Lipinski definition) is 2. The highest BCUT2D eigenvalue weighted by atomic mass is 16.1. The molecule has 2 nitrogen and oxygen atoms in total. The van der Waals surface area contributed by atoms with Crippen LogP contribution in [0.3, 0.4) is 0 Å². The Morgan fingerprint density at radius 2 is 1.71 bits per heavy atom. The highest BCUT2D eigenvalue weighted by Gasteiger charge is 2.32. The van der Waals surface area contributed by atoms with Gasteiger partial charge in [0.25, 0.3) is 0 Å². The summed E-state index contributed by atoms with van der Waals surface area (Å²) in [6.07, 6.45) is 4.62. The fourth-order valence-corrected chi connectivity index (χ4v) is 2.64. The summed E-state index contributed by atoms with van der Waals surface area (Å²) < 4.78 is 0. The average molecular weight is 239 g/mol. The van der Waals surface area contributed by atoms with Gasteiger partial charge < -0.3 is 5.32 Å². The summed E-state index contributed by atoms with van der Waals surface area (Å²) in [5.74, 6) is 1.57. The van der Waals surface area contributed by atoms with Crippen molar-refractivity contribution < 1.29 is 4.79 Å². The molecule has 0 aliphatic heterocycles. The van der Waals surface area contributed by atoms with Crippen molar-refractivity contribution in [3.63, 3.8) is 0 Å². The molecule has 0 amide bonds. The number of rotatable bonds is 4. The second-order valence-electron chi connectivity index (χ2n) is 6.89. The largest absolute Gasteiger partial charge is 0.314 e. The Morgan fingerprint density at radius 3 is 2.12 bits per heavy atom. The Bertz CT molecular complexity index is 244. The number of ketones is 1. The van der Waals surface area contributed by atoms with Crippen molar-refractivity contribution in [1.29, 1.82) is 0 Å². The fraction of sp³-hybridized carbons (Fsp3) is 0.933. The molecule has 1 aliphatic rings. The molecule has 1 fully saturated rings. The van der Waals surface area contributed by atoms with Crippen LogP contribution in [0.4, 0.5) is 0 Å². The molecule has 0 heterocycles. The summed E-state index contributed by atoms with van der Waals surface area (Å²) in [6, 6.07) is 0.573. The van der Waals surface area contributed by atoms with Gasteiger partial charge in [0.2, 0.25) is 0 Å². The van der Waals surface area contributed by atoms with E-state index < -0.39 is 0 Å². The van der Waals surface area contributed by atoms with Crippen LogP contribution in [0.2, 0.25) is 0 Å². The molecule has 17 heavy (non-hydrogen) atoms. The van der Waals surface area contributed by atoms with Crippen LogP contribution in [-0.4, -0.2) is 18.4 Å². The van der Waals surface area contributed by atoms with Gasteiger partial charge in [-0.05, 0) is 38.1 Å². The highest BCUT2D eigenvalue weighted by molar-refractivity contribution is 5.85. The first-order valence-electron chi connectivity index (χ1n) is 7.08. The topological polar surface area (TPSA) is 29.1 Å². The Labute approximate surface area is 107 Å². The third-order valence-electron chi connectivity index (χ3n) is 3.77. The predicted molar refractivity (Wildman–Crippen MR) is 73.0 cm³/mol. The third kappa shape index (κ3) is 4.79. The van der Waals surface area contributed by atoms with E-state index in [2.05, 4.69) is 19.2 Å². The molecule has 1 N–H and O–H groups in total. The van der Waals surface area contributed by atoms with E-state index in [1.807, 2.05) is 20.8 Å². The van der Waals surface area contributed by atoms with Crippen molar-refractivity contribution in [3.8, 4) is 0 Å². The molecular weight excluding hydrogens is 210 g/mol. The smallest absolute Gasteiger partial charge is 0.141 e. The molecule has 0 bridgehead atoms. The molecule has 0 aromatic heterocycles. The van der Waals surface area contributed by atoms with Gasteiger partial charge in [-0.25, -0.2) is 0 Å². The zero-order valence-corrected chi connectivity index (χ0v) is 12.2. The molecule has 2 heteroatoms. The van der Waals surface area contributed by atoms with Crippen LogP contribution in [-0.2, 0) is 4.79 Å². The number of Topliss-reactive ketones (excluding diaryl/α,β-unsaturated/α-hetero) is 1. The first-order valence-corrected chi connectivity index (χ1v) is 7.08. The van der Waals surface area contributed by atoms with Gasteiger partial charge in [0.1, 0.15) is 5.78 Å². The molecule has 0 spiro atoms. The Hall–Kier alpha value is -0.370. The van der Waals surface area contributed by atoms with Crippen molar-refractivity contribution >= 4 is 5.78 Å². The average Bonchev–Trinajstić information content (AvgIpc) is 2.25. The van der Waals surface area contributed by atoms with Crippen LogP contribution in [0.5, 0.6) is 0 Å². The van der Waals surface area contributed by atoms with Gasteiger partial charge in [0.05, 0.1) is 0 Å². The van der Waals surface area contributed by atoms with Crippen molar-refractivity contribution in [2.75, 3.05) is 6.54 Å². The zero-order chi connectivity index (χ0) is 13.1. The molecule has 0 atom stereocenters. The molecule has 1 rings (SSSR count). The Morgan fingerprint density at radius 1 is 1.18 bits per heavy atom. The van der Waals surface area contributed by atoms with Crippen LogP contribution in [0.25, 0.3) is 0 Å². The summed E-state index contributed by atoms with van der Waals surface area (Å²) in [7, 11) is 0. The van der Waals surface area contributed by atoms with Crippen LogP contribution in [0.1, 0.15) is 60.3 Å². The van der Waals surface area contributed by atoms with Gasteiger partial charge in [-0.1, -0.05) is 34.6 Å². The SMILES string of the molecule is CC(C)NCC1CCC(C(=O)C(C)(C)C)CC1. The maximum atomic E-state index is 12.2. The first kappa shape index (κ1) is 14.7. The van der Waals surface area contributed by atoms with Crippen LogP contribution >= 0.6 is 0 Å². The first-order chi connectivity index (χ1) is 7.80. The number of carbonyl (C=O) groups excluding carboxylic acids is 1. The quantitative estimate of drug-likeness (QED) is 0.814. The lowest BCUT2D eigenvalue weighted by molar-refractivity contribution is -0.131. The van der Waals surface area contributed by atoms with E-state index in [9.17, 15) is 4.79 Å². The molecule has 0 unspecified atom stereocenters. The minimum Gasteiger partial charge on any atom is -0.314 e. The fourth-order valence-electron chi connectivity index (χ4n) is 2.64. The molecule has 0 saturated heterocycles. The number of carbonyl (C=O) groups is 1. The minimum atomic E-state index is -0.159. The molecule has 0 radical (unpaired) electrons. The van der Waals surface area contributed by atoms with E-state index in [1.165, 1.54) is 12.8 Å². The Balaban J connectivity index is 2.33. The minimum absolute atomic E-state index is 0.159. The standard InChI is InChI=1S/C15H29NO/c1-11(2)16-10-12-6-8-13(9-7-12)14(17)15(3,4)5/h11-13,16H,6-10H2,1-5H3. The summed E-state index contributed by atoms with van der Waals surface area (Å²) in [5.41, 5.74) is -0.159. The van der Waals surface area contributed by atoms with Gasteiger partial charge >= 0.3 is 0 Å². The van der Waals surface area contributed by atoms with E-state index in [0.717, 1.165) is 25.3 Å². The van der Waals surface area contributed by atoms with Crippen molar-refractivity contribution in [1.82, 2.24) is 5.32 Å². The third-order valence-corrected chi connectivity index (χ3v) is 3.77. The lowest BCUT2D eigenvalue weighted by Gasteiger charge is -2.31. The molecular formula is C15H29NO. The van der Waals surface area contributed by atoms with Gasteiger partial charge in [0.15, 0.2) is 0 Å². The molecule has 1 saturated carbocycles. The lowest BCUT2D eigenvalue weighted by atomic mass is 9.73. The monoisotopic (exact) mass is 239 g/mol. The number of hydrogen-bond donors (Lipinski definition) is 1. The summed E-state index contributed by atoms with van der Waals surface area (Å²) in [4.78, 5) is 12.2. The highest BCUT2D eigenvalue weighted by Crippen LogP contribution is 2.33. The summed E-state index contributed by atoms with van der Waals surface area (Å²) >= 11 is 0. The predicted octanol–water partition coefficient (Wildman–Crippen LogP) is 3.41. The van der Waals surface area contributed by atoms with Gasteiger partial charge in [-0.3, -0.25) is 4.79 Å². The van der Waals surface area contributed by atoms with Gasteiger partial charge in [-0.2, -0.15) is 0 Å². The number of nitrogens with one attached hydrogen (secondary N) is 1. The van der Waals surface area contributed by atoms with Crippen molar-refractivity contribution in [2.45, 2.75) is 66.3 Å². The Kier molecular flexibility index (Phi) is 5.18. The molecule has 0 aromatic rings. The molecule has 100 valence electrons. The van der Waals surface area contributed by atoms with Gasteiger partial charge in [0, 0.05) is 17.4 Å². The molecule has 0 aromatic carbocycles. The lowest BCUT2D eigenvalue weighted by Crippen LogP contribution is -2.35. The zero-order valence-electron chi connectivity index (χ0n) is 12.2. The van der Waals surface area contributed by atoms with E-state index in [0.29, 0.717) is 17.7 Å². The van der Waals surface area contributed by atoms with Crippen molar-refractivity contribution in [3.05, 3.63) is 0 Å². The van der Waals surface area contributed by atoms with Gasteiger partial charge in [-0.15, -0.1) is 0 Å². The van der Waals surface area contributed by atoms with E-state index in [-0.39, 0.29) is 5.41 Å². The summed E-state index contributed by atoms with van der Waals surface area (Å²) in [5, 5.41) is 3.50. The summed E-state index contributed by atoms with van der Waals surface area (Å²) in [6.45, 7) is 11.6. The van der Waals surface area contributed by atoms with E-state index in [1.54, 1.807) is 0 Å². The van der Waals surface area contributed by atoms with Crippen LogP contribution < -0.4 is 5.32 Å². The van der Waals surface area contributed by atoms with Crippen LogP contribution in [0, 0.1) is 17.3 Å². The van der Waals surface area contributed by atoms with E-state index in [4.69, 9.17) is 0 Å². The van der Waals surface area contributed by atoms with E-state index >= 15 is 0 Å². The maximum Gasteiger partial charge on any atom is 0.141 e. The normalized spacial score (nSPS) is 26.2.